The first-order valence-corrected chi connectivity index (χ1v) is 8.24. The predicted molar refractivity (Wildman–Crippen MR) is 74.4 cm³/mol. The summed E-state index contributed by atoms with van der Waals surface area (Å²) in [4.78, 5) is 11.6. The summed E-state index contributed by atoms with van der Waals surface area (Å²) in [6, 6.07) is 5.40. The van der Waals surface area contributed by atoms with Crippen LogP contribution < -0.4 is 9.62 Å². The lowest BCUT2D eigenvalue weighted by Gasteiger charge is -2.22. The lowest BCUT2D eigenvalue weighted by atomic mass is 10.3. The minimum absolute atomic E-state index is 0.0447. The Kier molecular flexibility index (Phi) is 4.27. The van der Waals surface area contributed by atoms with Gasteiger partial charge in [-0.1, -0.05) is 0 Å². The van der Waals surface area contributed by atoms with E-state index in [0.717, 1.165) is 23.4 Å². The lowest BCUT2D eigenvalue weighted by molar-refractivity contribution is -0.121. The summed E-state index contributed by atoms with van der Waals surface area (Å²) < 4.78 is 37.5. The third-order valence-electron chi connectivity index (χ3n) is 3.00. The summed E-state index contributed by atoms with van der Waals surface area (Å²) in [5, 5.41) is 2.80. The predicted octanol–water partition coefficient (Wildman–Crippen LogP) is 1.26. The summed E-state index contributed by atoms with van der Waals surface area (Å²) in [5.74, 6) is -0.600. The van der Waals surface area contributed by atoms with Gasteiger partial charge < -0.3 is 5.32 Å². The molecule has 0 unspecified atom stereocenters. The third-order valence-corrected chi connectivity index (χ3v) is 4.19. The number of halogens is 1. The van der Waals surface area contributed by atoms with Crippen molar-refractivity contribution in [3.05, 3.63) is 30.1 Å². The molecule has 0 saturated heterocycles. The fourth-order valence-electron chi connectivity index (χ4n) is 1.82. The number of amides is 1. The molecule has 0 bridgehead atoms. The molecular weight excluding hydrogens is 283 g/mol. The molecule has 5 nitrogen and oxygen atoms in total. The molecule has 0 aromatic heterocycles. The average Bonchev–Trinajstić information content (AvgIpc) is 3.14. The van der Waals surface area contributed by atoms with Gasteiger partial charge in [-0.3, -0.25) is 9.10 Å². The Hall–Kier alpha value is -1.63. The zero-order chi connectivity index (χ0) is 14.8. The fourth-order valence-corrected chi connectivity index (χ4v) is 2.75. The molecule has 1 aromatic rings. The highest BCUT2D eigenvalue weighted by atomic mass is 32.2. The van der Waals surface area contributed by atoms with Crippen LogP contribution in [-0.2, 0) is 14.8 Å². The van der Waals surface area contributed by atoms with Crippen molar-refractivity contribution in [2.24, 2.45) is 0 Å². The molecule has 0 atom stereocenters. The largest absolute Gasteiger partial charge is 0.353 e. The second-order valence-electron chi connectivity index (χ2n) is 4.90. The summed E-state index contributed by atoms with van der Waals surface area (Å²) in [6.07, 6.45) is 3.12. The maximum Gasteiger partial charge on any atom is 0.232 e. The third kappa shape index (κ3) is 4.19. The maximum absolute atomic E-state index is 12.9. The summed E-state index contributed by atoms with van der Waals surface area (Å²) in [6.45, 7) is 0.0447. The summed E-state index contributed by atoms with van der Waals surface area (Å²) in [7, 11) is -3.51. The molecule has 0 heterocycles. The molecular formula is C13H17FN2O3S. The lowest BCUT2D eigenvalue weighted by Crippen LogP contribution is -2.35. The standard InChI is InChI=1S/C13H17FN2O3S/c1-20(18,19)16(12-6-2-10(14)3-7-12)9-8-13(17)15-11-4-5-11/h2-3,6-7,11H,4-5,8-9H2,1H3,(H,15,17). The first kappa shape index (κ1) is 14.8. The molecule has 20 heavy (non-hydrogen) atoms. The Balaban J connectivity index is 2.04. The van der Waals surface area contributed by atoms with E-state index in [1.807, 2.05) is 0 Å². The normalized spacial score (nSPS) is 14.9. The summed E-state index contributed by atoms with van der Waals surface area (Å²) >= 11 is 0. The van der Waals surface area contributed by atoms with E-state index < -0.39 is 15.8 Å². The van der Waals surface area contributed by atoms with Gasteiger partial charge in [0.2, 0.25) is 15.9 Å². The Labute approximate surface area is 117 Å². The highest BCUT2D eigenvalue weighted by molar-refractivity contribution is 7.92. The number of nitrogens with one attached hydrogen (secondary N) is 1. The number of nitrogens with zero attached hydrogens (tertiary/aromatic N) is 1. The Morgan fingerprint density at radius 1 is 1.35 bits per heavy atom. The fraction of sp³-hybridized carbons (Fsp3) is 0.462. The summed E-state index contributed by atoms with van der Waals surface area (Å²) in [5.41, 5.74) is 0.355. The van der Waals surface area contributed by atoms with E-state index in [1.54, 1.807) is 0 Å². The molecule has 0 aliphatic heterocycles. The van der Waals surface area contributed by atoms with E-state index in [4.69, 9.17) is 0 Å². The van der Waals surface area contributed by atoms with Crippen LogP contribution >= 0.6 is 0 Å². The molecule has 1 fully saturated rings. The van der Waals surface area contributed by atoms with E-state index in [2.05, 4.69) is 5.32 Å². The second kappa shape index (κ2) is 5.78. The van der Waals surface area contributed by atoms with Crippen molar-refractivity contribution in [3.63, 3.8) is 0 Å². The second-order valence-corrected chi connectivity index (χ2v) is 6.81. The van der Waals surface area contributed by atoms with Crippen molar-refractivity contribution in [3.8, 4) is 0 Å². The Morgan fingerprint density at radius 2 is 1.95 bits per heavy atom. The van der Waals surface area contributed by atoms with Gasteiger partial charge in [0.15, 0.2) is 0 Å². The van der Waals surface area contributed by atoms with Crippen molar-refractivity contribution in [2.45, 2.75) is 25.3 Å². The van der Waals surface area contributed by atoms with Gasteiger partial charge in [0.1, 0.15) is 5.82 Å². The molecule has 0 radical (unpaired) electrons. The van der Waals surface area contributed by atoms with Gasteiger partial charge in [-0.2, -0.15) is 0 Å². The van der Waals surface area contributed by atoms with Crippen LogP contribution in [-0.4, -0.2) is 33.2 Å². The van der Waals surface area contributed by atoms with E-state index >= 15 is 0 Å². The molecule has 0 spiro atoms. The van der Waals surface area contributed by atoms with Gasteiger partial charge in [-0.05, 0) is 37.1 Å². The van der Waals surface area contributed by atoms with Crippen molar-refractivity contribution in [1.29, 1.82) is 0 Å². The maximum atomic E-state index is 12.9. The van der Waals surface area contributed by atoms with Gasteiger partial charge >= 0.3 is 0 Å². The zero-order valence-electron chi connectivity index (χ0n) is 11.2. The average molecular weight is 300 g/mol. The molecule has 1 saturated carbocycles. The van der Waals surface area contributed by atoms with Crippen molar-refractivity contribution < 1.29 is 17.6 Å². The van der Waals surface area contributed by atoms with Gasteiger partial charge in [-0.15, -0.1) is 0 Å². The van der Waals surface area contributed by atoms with Crippen LogP contribution in [0.4, 0.5) is 10.1 Å². The van der Waals surface area contributed by atoms with Crippen LogP contribution in [0.2, 0.25) is 0 Å². The molecule has 1 N–H and O–H groups in total. The topological polar surface area (TPSA) is 66.5 Å². The molecule has 7 heteroatoms. The van der Waals surface area contributed by atoms with Gasteiger partial charge in [0.25, 0.3) is 0 Å². The number of hydrogen-bond donors (Lipinski definition) is 1. The Bertz CT molecular complexity index is 582. The molecule has 1 aliphatic rings. The minimum Gasteiger partial charge on any atom is -0.353 e. The minimum atomic E-state index is -3.51. The molecule has 1 aliphatic carbocycles. The number of carbonyl (C=O) groups is 1. The van der Waals surface area contributed by atoms with Crippen LogP contribution in [0, 0.1) is 5.82 Å². The highest BCUT2D eigenvalue weighted by Gasteiger charge is 2.24. The number of anilines is 1. The Morgan fingerprint density at radius 3 is 2.45 bits per heavy atom. The smallest absolute Gasteiger partial charge is 0.232 e. The van der Waals surface area contributed by atoms with Gasteiger partial charge in [-0.25, -0.2) is 12.8 Å². The number of benzene rings is 1. The number of sulfonamides is 1. The van der Waals surface area contributed by atoms with E-state index in [0.29, 0.717) is 5.69 Å². The van der Waals surface area contributed by atoms with Gasteiger partial charge in [0, 0.05) is 19.0 Å². The first-order chi connectivity index (χ1) is 9.36. The van der Waals surface area contributed by atoms with E-state index in [9.17, 15) is 17.6 Å². The van der Waals surface area contributed by atoms with Gasteiger partial charge in [0.05, 0.1) is 11.9 Å². The quantitative estimate of drug-likeness (QED) is 0.860. The van der Waals surface area contributed by atoms with Crippen molar-refractivity contribution >= 4 is 21.6 Å². The first-order valence-electron chi connectivity index (χ1n) is 6.39. The van der Waals surface area contributed by atoms with Crippen LogP contribution in [0.1, 0.15) is 19.3 Å². The molecule has 110 valence electrons. The SMILES string of the molecule is CS(=O)(=O)N(CCC(=O)NC1CC1)c1ccc(F)cc1. The number of hydrogen-bond acceptors (Lipinski definition) is 3. The number of carbonyl (C=O) groups excluding carboxylic acids is 1. The van der Waals surface area contributed by atoms with Crippen LogP contribution in [0.3, 0.4) is 0 Å². The number of rotatable bonds is 6. The van der Waals surface area contributed by atoms with Crippen LogP contribution in [0.25, 0.3) is 0 Å². The van der Waals surface area contributed by atoms with Crippen molar-refractivity contribution in [2.75, 3.05) is 17.1 Å². The van der Waals surface area contributed by atoms with E-state index in [1.165, 1.54) is 24.3 Å². The van der Waals surface area contributed by atoms with Crippen molar-refractivity contribution in [1.82, 2.24) is 5.32 Å². The van der Waals surface area contributed by atoms with E-state index in [-0.39, 0.29) is 24.9 Å². The molecule has 1 amide bonds. The molecule has 2 rings (SSSR count). The van der Waals surface area contributed by atoms with Crippen LogP contribution in [0.5, 0.6) is 0 Å². The zero-order valence-corrected chi connectivity index (χ0v) is 12.0. The van der Waals surface area contributed by atoms with Crippen LogP contribution in [0.15, 0.2) is 24.3 Å². The monoisotopic (exact) mass is 300 g/mol. The molecule has 1 aromatic carbocycles. The highest BCUT2D eigenvalue weighted by Crippen LogP contribution is 2.20.